The first-order valence-corrected chi connectivity index (χ1v) is 8.12. The Balaban J connectivity index is 2.77. The molecule has 0 fully saturated rings. The maximum atomic E-state index is 5.67. The summed E-state index contributed by atoms with van der Waals surface area (Å²) in [6, 6.07) is 3.81. The van der Waals surface area contributed by atoms with Crippen LogP contribution in [0.1, 0.15) is 0 Å². The first-order valence-electron chi connectivity index (χ1n) is 4.05. The Kier molecular flexibility index (Phi) is 6.59. The highest BCUT2D eigenvalue weighted by Crippen LogP contribution is 2.36. The van der Waals surface area contributed by atoms with Crippen LogP contribution < -0.4 is 4.74 Å². The fraction of sp³-hybridized carbons (Fsp3) is 0.333. The molecule has 1 rings (SSSR count). The summed E-state index contributed by atoms with van der Waals surface area (Å²) in [5.41, 5.74) is 0. The highest BCUT2D eigenvalue weighted by molar-refractivity contribution is 9.12. The van der Waals surface area contributed by atoms with E-state index in [-0.39, 0.29) is 0 Å². The minimum atomic E-state index is 0.298. The molecule has 0 aromatic heterocycles. The number of benzene rings is 1. The summed E-state index contributed by atoms with van der Waals surface area (Å²) in [5.74, 6) is 0.804. The van der Waals surface area contributed by atoms with Gasteiger partial charge in [-0.25, -0.2) is 0 Å². The van der Waals surface area contributed by atoms with Gasteiger partial charge < -0.3 is 4.74 Å². The van der Waals surface area contributed by atoms with Crippen LogP contribution >= 0.6 is 76.3 Å². The molecule has 0 aliphatic carbocycles. The van der Waals surface area contributed by atoms with Gasteiger partial charge in [-0.05, 0) is 44.0 Å². The van der Waals surface area contributed by atoms with Crippen molar-refractivity contribution >= 4 is 76.3 Å². The largest absolute Gasteiger partial charge is 0.490 e. The van der Waals surface area contributed by atoms with Gasteiger partial charge in [0, 0.05) is 10.2 Å². The van der Waals surface area contributed by atoms with E-state index in [1.54, 1.807) is 0 Å². The second-order valence-electron chi connectivity index (χ2n) is 2.80. The zero-order valence-electron chi connectivity index (χ0n) is 7.51. The second kappa shape index (κ2) is 6.89. The SMILES string of the molecule is Sc1cc(Br)c(OCC(Br)CBr)c(Br)c1. The Bertz CT molecular complexity index is 322. The van der Waals surface area contributed by atoms with Crippen molar-refractivity contribution in [2.45, 2.75) is 9.72 Å². The van der Waals surface area contributed by atoms with E-state index in [1.165, 1.54) is 0 Å². The molecule has 0 aliphatic rings. The van der Waals surface area contributed by atoms with Crippen LogP contribution in [0.2, 0.25) is 0 Å². The molecule has 0 spiro atoms. The molecule has 15 heavy (non-hydrogen) atoms. The minimum absolute atomic E-state index is 0.298. The van der Waals surface area contributed by atoms with E-state index in [2.05, 4.69) is 76.3 Å². The number of ether oxygens (including phenoxy) is 1. The van der Waals surface area contributed by atoms with Gasteiger partial charge in [0.25, 0.3) is 0 Å². The third kappa shape index (κ3) is 4.58. The first kappa shape index (κ1) is 14.4. The Morgan fingerprint density at radius 3 is 2.27 bits per heavy atom. The average Bonchev–Trinajstić information content (AvgIpc) is 2.15. The maximum absolute atomic E-state index is 5.67. The molecule has 0 N–H and O–H groups in total. The number of halogens is 4. The summed E-state index contributed by atoms with van der Waals surface area (Å²) in [5, 5.41) is 0.854. The Hall–Kier alpha value is 1.29. The highest BCUT2D eigenvalue weighted by Gasteiger charge is 2.10. The van der Waals surface area contributed by atoms with Crippen molar-refractivity contribution in [3.05, 3.63) is 21.1 Å². The van der Waals surface area contributed by atoms with Crippen LogP contribution in [-0.2, 0) is 0 Å². The van der Waals surface area contributed by atoms with Crippen molar-refractivity contribution in [3.63, 3.8) is 0 Å². The van der Waals surface area contributed by atoms with Crippen LogP contribution in [0.5, 0.6) is 5.75 Å². The number of hydrogen-bond donors (Lipinski definition) is 1. The van der Waals surface area contributed by atoms with Crippen molar-refractivity contribution in [1.82, 2.24) is 0 Å². The van der Waals surface area contributed by atoms with Crippen molar-refractivity contribution in [2.75, 3.05) is 11.9 Å². The fourth-order valence-electron chi connectivity index (χ4n) is 0.903. The van der Waals surface area contributed by atoms with Gasteiger partial charge in [0.05, 0.1) is 13.8 Å². The van der Waals surface area contributed by atoms with Gasteiger partial charge in [0.1, 0.15) is 12.4 Å². The molecule has 1 unspecified atom stereocenters. The Morgan fingerprint density at radius 1 is 1.27 bits per heavy atom. The van der Waals surface area contributed by atoms with Gasteiger partial charge in [-0.1, -0.05) is 31.9 Å². The zero-order chi connectivity index (χ0) is 11.4. The van der Waals surface area contributed by atoms with E-state index in [1.807, 2.05) is 12.1 Å². The zero-order valence-corrected chi connectivity index (χ0v) is 14.8. The fourth-order valence-corrected chi connectivity index (χ4v) is 3.25. The predicted octanol–water partition coefficient (Wildman–Crippen LogP) is 5.04. The Morgan fingerprint density at radius 2 is 1.80 bits per heavy atom. The number of thiol groups is 1. The lowest BCUT2D eigenvalue weighted by Crippen LogP contribution is -2.12. The van der Waals surface area contributed by atoms with Crippen molar-refractivity contribution in [3.8, 4) is 5.75 Å². The first-order chi connectivity index (χ1) is 7.04. The number of alkyl halides is 2. The molecule has 0 radical (unpaired) electrons. The van der Waals surface area contributed by atoms with E-state index in [0.717, 1.165) is 24.9 Å². The van der Waals surface area contributed by atoms with Crippen LogP contribution in [0, 0.1) is 0 Å². The van der Waals surface area contributed by atoms with Crippen LogP contribution in [0.15, 0.2) is 26.0 Å². The lowest BCUT2D eigenvalue weighted by molar-refractivity contribution is 0.321. The van der Waals surface area contributed by atoms with Crippen LogP contribution in [0.4, 0.5) is 0 Å². The van der Waals surface area contributed by atoms with E-state index >= 15 is 0 Å². The lowest BCUT2D eigenvalue weighted by atomic mass is 10.3. The van der Waals surface area contributed by atoms with Gasteiger partial charge in [0.2, 0.25) is 0 Å². The molecule has 84 valence electrons. The molecular formula is C9H8Br4OS. The summed E-state index contributed by atoms with van der Waals surface area (Å²) >= 11 is 18.0. The summed E-state index contributed by atoms with van der Waals surface area (Å²) < 4.78 is 7.47. The molecule has 1 aromatic carbocycles. The highest BCUT2D eigenvalue weighted by atomic mass is 79.9. The smallest absolute Gasteiger partial charge is 0.147 e. The minimum Gasteiger partial charge on any atom is -0.490 e. The molecule has 0 saturated carbocycles. The van der Waals surface area contributed by atoms with Gasteiger partial charge in [0.15, 0.2) is 0 Å². The predicted molar refractivity (Wildman–Crippen MR) is 81.1 cm³/mol. The van der Waals surface area contributed by atoms with E-state index in [9.17, 15) is 0 Å². The molecule has 0 saturated heterocycles. The molecular weight excluding hydrogens is 476 g/mol. The molecule has 0 amide bonds. The third-order valence-electron chi connectivity index (χ3n) is 1.56. The van der Waals surface area contributed by atoms with Gasteiger partial charge >= 0.3 is 0 Å². The van der Waals surface area contributed by atoms with E-state index in [4.69, 9.17) is 4.74 Å². The normalized spacial score (nSPS) is 12.6. The molecule has 0 aliphatic heterocycles. The summed E-state index contributed by atoms with van der Waals surface area (Å²) in [4.78, 5) is 1.18. The third-order valence-corrected chi connectivity index (χ3v) is 5.23. The molecule has 0 heterocycles. The van der Waals surface area contributed by atoms with Crippen molar-refractivity contribution in [2.24, 2.45) is 0 Å². The molecule has 0 bridgehead atoms. The Labute approximate surface area is 128 Å². The molecule has 1 atom stereocenters. The summed E-state index contributed by atoms with van der Waals surface area (Å²) in [6.07, 6.45) is 0. The summed E-state index contributed by atoms with van der Waals surface area (Å²) in [6.45, 7) is 0.606. The standard InChI is InChI=1S/C9H8Br4OS/c10-3-5(11)4-14-9-7(12)1-6(15)2-8(9)13/h1-2,5,15H,3-4H2. The number of hydrogen-bond acceptors (Lipinski definition) is 2. The second-order valence-corrected chi connectivity index (χ2v) is 6.97. The van der Waals surface area contributed by atoms with Crippen molar-refractivity contribution in [1.29, 1.82) is 0 Å². The molecule has 1 nitrogen and oxygen atoms in total. The summed E-state index contributed by atoms with van der Waals surface area (Å²) in [7, 11) is 0. The number of rotatable bonds is 4. The van der Waals surface area contributed by atoms with E-state index in [0.29, 0.717) is 11.4 Å². The van der Waals surface area contributed by atoms with Crippen LogP contribution in [0.3, 0.4) is 0 Å². The quantitative estimate of drug-likeness (QED) is 0.466. The van der Waals surface area contributed by atoms with Crippen molar-refractivity contribution < 1.29 is 4.74 Å². The maximum Gasteiger partial charge on any atom is 0.147 e. The van der Waals surface area contributed by atoms with Gasteiger partial charge in [-0.2, -0.15) is 0 Å². The van der Waals surface area contributed by atoms with Crippen LogP contribution in [-0.4, -0.2) is 16.8 Å². The molecule has 6 heteroatoms. The average molecular weight is 484 g/mol. The van der Waals surface area contributed by atoms with Gasteiger partial charge in [-0.15, -0.1) is 12.6 Å². The van der Waals surface area contributed by atoms with E-state index < -0.39 is 0 Å². The lowest BCUT2D eigenvalue weighted by Gasteiger charge is -2.12. The monoisotopic (exact) mass is 480 g/mol. The van der Waals surface area contributed by atoms with Crippen LogP contribution in [0.25, 0.3) is 0 Å². The topological polar surface area (TPSA) is 9.23 Å². The molecule has 1 aromatic rings. The van der Waals surface area contributed by atoms with Gasteiger partial charge in [-0.3, -0.25) is 0 Å².